The van der Waals surface area contributed by atoms with Gasteiger partial charge in [0.05, 0.1) is 13.2 Å². The number of unbranched alkanes of at least 4 members (excludes halogenated alkanes) is 2. The molecular formula is C32H44O5. The summed E-state index contributed by atoms with van der Waals surface area (Å²) in [6.45, 7) is 13.4. The molecule has 2 aromatic rings. The number of benzene rings is 2. The van der Waals surface area contributed by atoms with Crippen LogP contribution in [0.4, 0.5) is 0 Å². The number of rotatable bonds is 15. The molecule has 2 rings (SSSR count). The van der Waals surface area contributed by atoms with E-state index in [2.05, 4.69) is 69.5 Å². The van der Waals surface area contributed by atoms with Gasteiger partial charge in [-0.05, 0) is 67.3 Å². The van der Waals surface area contributed by atoms with Gasteiger partial charge in [-0.2, -0.15) is 0 Å². The molecule has 5 nitrogen and oxygen atoms in total. The third-order valence-electron chi connectivity index (χ3n) is 6.11. The topological polar surface area (TPSA) is 72.8 Å². The SMILES string of the molecule is C=C(C)C(=O)OCC(COC)c1ccc(CCc2ccc(CCCCC)cc2)c(C)c1.C=C(C=O)CO. The summed E-state index contributed by atoms with van der Waals surface area (Å²) in [5, 5.41) is 8.00. The van der Waals surface area contributed by atoms with Crippen molar-refractivity contribution >= 4 is 12.3 Å². The number of hydrogen-bond acceptors (Lipinski definition) is 5. The first-order chi connectivity index (χ1) is 17.7. The van der Waals surface area contributed by atoms with Crippen molar-refractivity contribution in [2.24, 2.45) is 0 Å². The second-order valence-electron chi connectivity index (χ2n) is 9.42. The Morgan fingerprint density at radius 1 is 1.00 bits per heavy atom. The van der Waals surface area contributed by atoms with Gasteiger partial charge in [-0.3, -0.25) is 4.79 Å². The molecule has 37 heavy (non-hydrogen) atoms. The van der Waals surface area contributed by atoms with Crippen LogP contribution in [0.5, 0.6) is 0 Å². The van der Waals surface area contributed by atoms with Gasteiger partial charge in [0.25, 0.3) is 0 Å². The van der Waals surface area contributed by atoms with Gasteiger partial charge in [0.1, 0.15) is 12.9 Å². The number of aliphatic hydroxyl groups excluding tert-OH is 1. The van der Waals surface area contributed by atoms with Crippen LogP contribution < -0.4 is 0 Å². The Hall–Kier alpha value is -3.02. The second-order valence-corrected chi connectivity index (χ2v) is 9.42. The van der Waals surface area contributed by atoms with Crippen molar-refractivity contribution in [3.05, 3.63) is 94.6 Å². The quantitative estimate of drug-likeness (QED) is 0.136. The van der Waals surface area contributed by atoms with Crippen molar-refractivity contribution in [2.75, 3.05) is 26.9 Å². The van der Waals surface area contributed by atoms with Crippen molar-refractivity contribution in [2.45, 2.75) is 65.2 Å². The first kappa shape index (κ1) is 32.0. The molecule has 0 heterocycles. The highest BCUT2D eigenvalue weighted by Crippen LogP contribution is 2.22. The first-order valence-corrected chi connectivity index (χ1v) is 13.0. The maximum atomic E-state index is 11.7. The van der Waals surface area contributed by atoms with Crippen LogP contribution in [0.2, 0.25) is 0 Å². The molecule has 0 aliphatic heterocycles. The first-order valence-electron chi connectivity index (χ1n) is 13.0. The zero-order valence-corrected chi connectivity index (χ0v) is 23.1. The Labute approximate surface area is 223 Å². The van der Waals surface area contributed by atoms with Crippen LogP contribution >= 0.6 is 0 Å². The summed E-state index contributed by atoms with van der Waals surface area (Å²) in [6.07, 6.45) is 7.60. The number of hydrogen-bond donors (Lipinski definition) is 1. The summed E-state index contributed by atoms with van der Waals surface area (Å²) in [5.41, 5.74) is 7.20. The van der Waals surface area contributed by atoms with Crippen LogP contribution in [0.1, 0.15) is 66.8 Å². The lowest BCUT2D eigenvalue weighted by atomic mass is 9.93. The van der Waals surface area contributed by atoms with E-state index in [1.54, 1.807) is 14.0 Å². The average Bonchev–Trinajstić information content (AvgIpc) is 2.90. The van der Waals surface area contributed by atoms with Crippen LogP contribution in [0.3, 0.4) is 0 Å². The van der Waals surface area contributed by atoms with E-state index in [4.69, 9.17) is 14.6 Å². The lowest BCUT2D eigenvalue weighted by Crippen LogP contribution is -2.17. The molecule has 0 bridgehead atoms. The molecule has 0 aliphatic carbocycles. The van der Waals surface area contributed by atoms with Gasteiger partial charge in [0.15, 0.2) is 0 Å². The summed E-state index contributed by atoms with van der Waals surface area (Å²) < 4.78 is 10.7. The van der Waals surface area contributed by atoms with Crippen LogP contribution in [0, 0.1) is 6.92 Å². The maximum absolute atomic E-state index is 11.7. The Balaban J connectivity index is 0.00000102. The Morgan fingerprint density at radius 3 is 2.14 bits per heavy atom. The number of aliphatic hydroxyl groups is 1. The van der Waals surface area contributed by atoms with Crippen LogP contribution in [0.25, 0.3) is 0 Å². The van der Waals surface area contributed by atoms with E-state index in [1.165, 1.54) is 47.9 Å². The van der Waals surface area contributed by atoms with Gasteiger partial charge in [0.2, 0.25) is 0 Å². The van der Waals surface area contributed by atoms with E-state index in [9.17, 15) is 9.59 Å². The molecule has 1 N–H and O–H groups in total. The molecule has 0 spiro atoms. The molecule has 2 aromatic carbocycles. The fourth-order valence-electron chi connectivity index (χ4n) is 3.76. The summed E-state index contributed by atoms with van der Waals surface area (Å²) in [5.74, 6) is -0.341. The Bertz CT molecular complexity index is 991. The molecule has 5 heteroatoms. The summed E-state index contributed by atoms with van der Waals surface area (Å²) in [6, 6.07) is 15.6. The monoisotopic (exact) mass is 508 g/mol. The third kappa shape index (κ3) is 12.7. The van der Waals surface area contributed by atoms with Crippen molar-refractivity contribution in [1.82, 2.24) is 0 Å². The minimum atomic E-state index is -0.356. The predicted octanol–water partition coefficient (Wildman–Crippen LogP) is 6.10. The van der Waals surface area contributed by atoms with Crippen molar-refractivity contribution in [3.63, 3.8) is 0 Å². The zero-order chi connectivity index (χ0) is 27.6. The van der Waals surface area contributed by atoms with Crippen LogP contribution in [0.15, 0.2) is 66.8 Å². The molecular weight excluding hydrogens is 464 g/mol. The minimum absolute atomic E-state index is 0.0151. The molecule has 0 fully saturated rings. The van der Waals surface area contributed by atoms with Crippen LogP contribution in [-0.4, -0.2) is 44.3 Å². The normalized spacial score (nSPS) is 11.2. The number of carbonyl (C=O) groups excluding carboxylic acids is 2. The number of ether oxygens (including phenoxy) is 2. The van der Waals surface area contributed by atoms with E-state index in [0.717, 1.165) is 18.4 Å². The number of carbonyl (C=O) groups is 2. The smallest absolute Gasteiger partial charge is 0.333 e. The lowest BCUT2D eigenvalue weighted by Gasteiger charge is -2.18. The maximum Gasteiger partial charge on any atom is 0.333 e. The van der Waals surface area contributed by atoms with Crippen molar-refractivity contribution < 1.29 is 24.2 Å². The van der Waals surface area contributed by atoms with E-state index in [-0.39, 0.29) is 24.1 Å². The average molecular weight is 509 g/mol. The van der Waals surface area contributed by atoms with Gasteiger partial charge in [-0.15, -0.1) is 0 Å². The van der Waals surface area contributed by atoms with Crippen molar-refractivity contribution in [3.8, 4) is 0 Å². The van der Waals surface area contributed by atoms with E-state index in [1.807, 2.05) is 0 Å². The number of esters is 1. The summed E-state index contributed by atoms with van der Waals surface area (Å²) >= 11 is 0. The Kier molecular flexibility index (Phi) is 15.8. The number of methoxy groups -OCH3 is 1. The predicted molar refractivity (Wildman–Crippen MR) is 151 cm³/mol. The van der Waals surface area contributed by atoms with Gasteiger partial charge in [-0.1, -0.05) is 75.4 Å². The Morgan fingerprint density at radius 2 is 1.65 bits per heavy atom. The largest absolute Gasteiger partial charge is 0.462 e. The number of aldehydes is 1. The van der Waals surface area contributed by atoms with E-state index >= 15 is 0 Å². The van der Waals surface area contributed by atoms with Gasteiger partial charge >= 0.3 is 5.97 Å². The van der Waals surface area contributed by atoms with Crippen molar-refractivity contribution in [1.29, 1.82) is 0 Å². The standard InChI is InChI=1S/C28H38O3.C4H6O2/c1-6-7-8-9-23-10-12-24(13-11-23)14-15-25-16-17-26(18-22(25)4)27(19-30-5)20-31-28(29)21(2)3;1-4(2-5)3-6/h10-13,16-18,27H,2,6-9,14-15,19-20H2,1,3-5H3;2,6H,1,3H2. The number of aryl methyl sites for hydroxylation is 4. The fraction of sp³-hybridized carbons (Fsp3) is 0.438. The third-order valence-corrected chi connectivity index (χ3v) is 6.11. The molecule has 0 saturated heterocycles. The summed E-state index contributed by atoms with van der Waals surface area (Å²) in [7, 11) is 1.67. The molecule has 0 aliphatic rings. The highest BCUT2D eigenvalue weighted by molar-refractivity contribution is 5.86. The molecule has 0 saturated carbocycles. The highest BCUT2D eigenvalue weighted by Gasteiger charge is 2.16. The molecule has 202 valence electrons. The van der Waals surface area contributed by atoms with Gasteiger partial charge < -0.3 is 14.6 Å². The molecule has 0 radical (unpaired) electrons. The molecule has 0 amide bonds. The summed E-state index contributed by atoms with van der Waals surface area (Å²) in [4.78, 5) is 21.2. The zero-order valence-electron chi connectivity index (χ0n) is 23.1. The molecule has 1 unspecified atom stereocenters. The highest BCUT2D eigenvalue weighted by atomic mass is 16.5. The second kappa shape index (κ2) is 18.3. The molecule has 1 atom stereocenters. The van der Waals surface area contributed by atoms with Crippen LogP contribution in [-0.2, 0) is 38.3 Å². The lowest BCUT2D eigenvalue weighted by molar-refractivity contribution is -0.139. The fourth-order valence-corrected chi connectivity index (χ4v) is 3.76. The molecule has 0 aromatic heterocycles. The van der Waals surface area contributed by atoms with E-state index < -0.39 is 0 Å². The minimum Gasteiger partial charge on any atom is -0.462 e. The van der Waals surface area contributed by atoms with Gasteiger partial charge in [0, 0.05) is 24.2 Å². The van der Waals surface area contributed by atoms with Gasteiger partial charge in [-0.25, -0.2) is 4.79 Å². The van der Waals surface area contributed by atoms with E-state index in [0.29, 0.717) is 25.1 Å².